The number of hydrogen-bond donors (Lipinski definition) is 0. The fourth-order valence-corrected chi connectivity index (χ4v) is 3.62. The first-order valence-corrected chi connectivity index (χ1v) is 7.28. The number of nitrogens with zero attached hydrogens (tertiary/aromatic N) is 1. The molecule has 0 fully saturated rings. The van der Waals surface area contributed by atoms with Gasteiger partial charge in [0, 0.05) is 6.07 Å². The molecular formula is C21H10N. The summed E-state index contributed by atoms with van der Waals surface area (Å²) in [5.74, 6) is 0. The molecule has 0 atom stereocenters. The molecule has 5 aromatic carbocycles. The zero-order valence-electron chi connectivity index (χ0n) is 11.7. The van der Waals surface area contributed by atoms with E-state index >= 15 is 0 Å². The van der Waals surface area contributed by atoms with Crippen molar-refractivity contribution < 1.29 is 0 Å². The summed E-state index contributed by atoms with van der Waals surface area (Å²) in [6.07, 6.45) is 0. The van der Waals surface area contributed by atoms with E-state index in [1.807, 2.05) is 6.07 Å². The van der Waals surface area contributed by atoms with Crippen LogP contribution in [0.25, 0.3) is 43.1 Å². The molecule has 0 aliphatic carbocycles. The molecule has 0 aliphatic heterocycles. The van der Waals surface area contributed by atoms with Crippen LogP contribution in [0.1, 0.15) is 5.56 Å². The van der Waals surface area contributed by atoms with Gasteiger partial charge < -0.3 is 0 Å². The Hall–Kier alpha value is -3.11. The Balaban J connectivity index is 2.26. The molecule has 0 N–H and O–H groups in total. The number of rotatable bonds is 0. The van der Waals surface area contributed by atoms with Crippen molar-refractivity contribution in [3.63, 3.8) is 0 Å². The summed E-state index contributed by atoms with van der Waals surface area (Å²) in [7, 11) is 0. The first-order chi connectivity index (χ1) is 10.9. The first kappa shape index (κ1) is 11.5. The van der Waals surface area contributed by atoms with Crippen molar-refractivity contribution in [2.24, 2.45) is 0 Å². The molecule has 0 aromatic heterocycles. The molecule has 0 saturated carbocycles. The van der Waals surface area contributed by atoms with Gasteiger partial charge in [-0.15, -0.1) is 0 Å². The van der Waals surface area contributed by atoms with E-state index in [9.17, 15) is 5.26 Å². The molecule has 22 heavy (non-hydrogen) atoms. The predicted octanol–water partition coefficient (Wildman–Crippen LogP) is 5.41. The van der Waals surface area contributed by atoms with Gasteiger partial charge in [-0.05, 0) is 49.2 Å². The lowest BCUT2D eigenvalue weighted by Gasteiger charge is -2.14. The van der Waals surface area contributed by atoms with Gasteiger partial charge in [0.2, 0.25) is 0 Å². The third-order valence-corrected chi connectivity index (χ3v) is 4.49. The van der Waals surface area contributed by atoms with Crippen molar-refractivity contribution in [2.75, 3.05) is 0 Å². The molecule has 0 spiro atoms. The Labute approximate surface area is 127 Å². The van der Waals surface area contributed by atoms with Gasteiger partial charge in [0.15, 0.2) is 0 Å². The van der Waals surface area contributed by atoms with Crippen LogP contribution in [-0.2, 0) is 0 Å². The molecule has 0 heterocycles. The maximum atomic E-state index is 9.31. The molecule has 0 aliphatic rings. The third kappa shape index (κ3) is 1.32. The van der Waals surface area contributed by atoms with Crippen LogP contribution in [-0.4, -0.2) is 0 Å². The molecule has 5 aromatic rings. The molecule has 5 rings (SSSR count). The Morgan fingerprint density at radius 3 is 2.09 bits per heavy atom. The summed E-state index contributed by atoms with van der Waals surface area (Å²) in [5.41, 5.74) is 0.594. The summed E-state index contributed by atoms with van der Waals surface area (Å²) >= 11 is 0. The van der Waals surface area contributed by atoms with Crippen LogP contribution in [0.3, 0.4) is 0 Å². The van der Waals surface area contributed by atoms with Crippen LogP contribution in [0.2, 0.25) is 0 Å². The Kier molecular flexibility index (Phi) is 2.08. The minimum absolute atomic E-state index is 0.594. The van der Waals surface area contributed by atoms with Crippen LogP contribution in [0.15, 0.2) is 60.7 Å². The molecule has 0 saturated heterocycles. The van der Waals surface area contributed by atoms with Gasteiger partial charge in [0.25, 0.3) is 0 Å². The highest BCUT2D eigenvalue weighted by atomic mass is 14.2. The lowest BCUT2D eigenvalue weighted by Crippen LogP contribution is -1.88. The highest BCUT2D eigenvalue weighted by Gasteiger charge is 2.13. The fourth-order valence-electron chi connectivity index (χ4n) is 3.62. The smallest absolute Gasteiger partial charge is 0.0998 e. The average Bonchev–Trinajstić information content (AvgIpc) is 2.58. The Bertz CT molecular complexity index is 1220. The van der Waals surface area contributed by atoms with E-state index in [0.717, 1.165) is 10.8 Å². The van der Waals surface area contributed by atoms with Crippen molar-refractivity contribution in [1.82, 2.24) is 0 Å². The second-order valence-electron chi connectivity index (χ2n) is 5.65. The quantitative estimate of drug-likeness (QED) is 0.274. The van der Waals surface area contributed by atoms with Crippen molar-refractivity contribution in [2.45, 2.75) is 0 Å². The van der Waals surface area contributed by atoms with E-state index in [1.165, 1.54) is 32.3 Å². The minimum atomic E-state index is 0.594. The maximum Gasteiger partial charge on any atom is 0.0998 e. The van der Waals surface area contributed by atoms with E-state index in [4.69, 9.17) is 0 Å². The SMILES string of the molecule is N#Cc1[c]c2c3cccc4cccc(c5cccc(c1)c25)c43. The number of benzene rings is 5. The molecular weight excluding hydrogens is 266 g/mol. The maximum absolute atomic E-state index is 9.31. The highest BCUT2D eigenvalue weighted by molar-refractivity contribution is 6.32. The summed E-state index contributed by atoms with van der Waals surface area (Å²) in [6, 6.07) is 26.6. The van der Waals surface area contributed by atoms with Gasteiger partial charge >= 0.3 is 0 Å². The second kappa shape index (κ2) is 3.96. The normalized spacial score (nSPS) is 11.6. The van der Waals surface area contributed by atoms with Crippen LogP contribution < -0.4 is 0 Å². The summed E-state index contributed by atoms with van der Waals surface area (Å²) in [5, 5.41) is 18.8. The highest BCUT2D eigenvalue weighted by Crippen LogP contribution is 2.40. The first-order valence-electron chi connectivity index (χ1n) is 7.28. The van der Waals surface area contributed by atoms with Crippen LogP contribution in [0.4, 0.5) is 0 Å². The van der Waals surface area contributed by atoms with E-state index in [2.05, 4.69) is 66.7 Å². The minimum Gasteiger partial charge on any atom is -0.192 e. The number of hydrogen-bond acceptors (Lipinski definition) is 1. The van der Waals surface area contributed by atoms with Gasteiger partial charge in [-0.2, -0.15) is 5.26 Å². The zero-order chi connectivity index (χ0) is 14.7. The average molecular weight is 276 g/mol. The zero-order valence-corrected chi connectivity index (χ0v) is 11.7. The number of fused-ring (bicyclic) bond motifs is 2. The van der Waals surface area contributed by atoms with Crippen LogP contribution >= 0.6 is 0 Å². The van der Waals surface area contributed by atoms with Crippen LogP contribution in [0.5, 0.6) is 0 Å². The van der Waals surface area contributed by atoms with E-state index < -0.39 is 0 Å². The fraction of sp³-hybridized carbons (Fsp3) is 0. The molecule has 0 bridgehead atoms. The largest absolute Gasteiger partial charge is 0.192 e. The van der Waals surface area contributed by atoms with Crippen molar-refractivity contribution in [3.05, 3.63) is 72.3 Å². The van der Waals surface area contributed by atoms with E-state index in [0.29, 0.717) is 5.56 Å². The van der Waals surface area contributed by atoms with Gasteiger partial charge in [-0.25, -0.2) is 0 Å². The van der Waals surface area contributed by atoms with Gasteiger partial charge in [0.05, 0.1) is 11.6 Å². The number of nitriles is 1. The van der Waals surface area contributed by atoms with Gasteiger partial charge in [-0.1, -0.05) is 54.6 Å². The predicted molar refractivity (Wildman–Crippen MR) is 91.2 cm³/mol. The van der Waals surface area contributed by atoms with E-state index in [-0.39, 0.29) is 0 Å². The Morgan fingerprint density at radius 1 is 0.727 bits per heavy atom. The molecule has 1 radical (unpaired) electrons. The molecule has 1 nitrogen and oxygen atoms in total. The van der Waals surface area contributed by atoms with Gasteiger partial charge in [-0.3, -0.25) is 0 Å². The molecule has 99 valence electrons. The summed E-state index contributed by atoms with van der Waals surface area (Å²) < 4.78 is 0. The second-order valence-corrected chi connectivity index (χ2v) is 5.65. The topological polar surface area (TPSA) is 23.8 Å². The summed E-state index contributed by atoms with van der Waals surface area (Å²) in [4.78, 5) is 0. The van der Waals surface area contributed by atoms with Crippen molar-refractivity contribution >= 4 is 43.1 Å². The van der Waals surface area contributed by atoms with Crippen molar-refractivity contribution in [1.29, 1.82) is 5.26 Å². The molecule has 0 amide bonds. The standard InChI is InChI=1S/C21H10N/c22-12-13-10-15-6-3-8-17-16-7-1-4-14-5-2-9-18(20(14)16)19(11-13)21(15)17/h1-10H. The van der Waals surface area contributed by atoms with E-state index in [1.54, 1.807) is 0 Å². The lowest BCUT2D eigenvalue weighted by atomic mass is 9.89. The molecule has 0 unspecified atom stereocenters. The lowest BCUT2D eigenvalue weighted by molar-refractivity contribution is 1.50. The summed E-state index contributed by atoms with van der Waals surface area (Å²) in [6.45, 7) is 0. The van der Waals surface area contributed by atoms with Gasteiger partial charge in [0.1, 0.15) is 0 Å². The Morgan fingerprint density at radius 2 is 1.36 bits per heavy atom. The van der Waals surface area contributed by atoms with Crippen LogP contribution in [0, 0.1) is 17.4 Å². The third-order valence-electron chi connectivity index (χ3n) is 4.49. The monoisotopic (exact) mass is 276 g/mol. The molecule has 1 heteroatoms. The van der Waals surface area contributed by atoms with Crippen molar-refractivity contribution in [3.8, 4) is 6.07 Å².